The SMILES string of the molecule is C=C(C)CCCC#CC(/C=N\C(=C)C)=C/C. The van der Waals surface area contributed by atoms with Crippen LogP contribution in [-0.4, -0.2) is 6.21 Å². The quantitative estimate of drug-likeness (QED) is 0.281. The van der Waals surface area contributed by atoms with Crippen LogP contribution in [0.3, 0.4) is 0 Å². The summed E-state index contributed by atoms with van der Waals surface area (Å²) in [6, 6.07) is 0. The predicted octanol–water partition coefficient (Wildman–Crippen LogP) is 4.29. The Labute approximate surface area is 99.7 Å². The molecule has 0 spiro atoms. The predicted molar refractivity (Wildman–Crippen MR) is 73.5 cm³/mol. The van der Waals surface area contributed by atoms with E-state index in [0.29, 0.717) is 0 Å². The zero-order valence-electron chi connectivity index (χ0n) is 10.6. The van der Waals surface area contributed by atoms with Gasteiger partial charge < -0.3 is 0 Å². The average molecular weight is 215 g/mol. The molecule has 0 unspecified atom stereocenters. The molecule has 0 saturated heterocycles. The second-order valence-corrected chi connectivity index (χ2v) is 3.85. The number of hydrogen-bond acceptors (Lipinski definition) is 1. The molecule has 0 aromatic heterocycles. The lowest BCUT2D eigenvalue weighted by molar-refractivity contribution is 0.849. The van der Waals surface area contributed by atoms with Gasteiger partial charge in [0.1, 0.15) is 0 Å². The Kier molecular flexibility index (Phi) is 7.89. The van der Waals surface area contributed by atoms with Gasteiger partial charge in [-0.1, -0.05) is 30.1 Å². The zero-order valence-corrected chi connectivity index (χ0v) is 10.6. The first-order valence-corrected chi connectivity index (χ1v) is 5.55. The second kappa shape index (κ2) is 8.73. The Morgan fingerprint density at radius 1 is 1.31 bits per heavy atom. The van der Waals surface area contributed by atoms with E-state index in [9.17, 15) is 0 Å². The van der Waals surface area contributed by atoms with Crippen LogP contribution in [0.25, 0.3) is 0 Å². The Hall–Kier alpha value is -1.55. The van der Waals surface area contributed by atoms with Gasteiger partial charge in [-0.2, -0.15) is 0 Å². The van der Waals surface area contributed by atoms with Crippen LogP contribution < -0.4 is 0 Å². The van der Waals surface area contributed by atoms with Crippen molar-refractivity contribution in [1.82, 2.24) is 0 Å². The first kappa shape index (κ1) is 14.5. The fraction of sp³-hybridized carbons (Fsp3) is 0.400. The molecule has 0 atom stereocenters. The Balaban J connectivity index is 4.09. The van der Waals surface area contributed by atoms with Crippen molar-refractivity contribution in [2.45, 2.75) is 40.0 Å². The molecule has 0 bridgehead atoms. The summed E-state index contributed by atoms with van der Waals surface area (Å²) in [6.07, 6.45) is 6.76. The molecule has 0 aromatic rings. The highest BCUT2D eigenvalue weighted by Crippen LogP contribution is 2.02. The van der Waals surface area contributed by atoms with Crippen molar-refractivity contribution in [2.75, 3.05) is 0 Å². The molecule has 1 nitrogen and oxygen atoms in total. The van der Waals surface area contributed by atoms with E-state index in [1.54, 1.807) is 6.21 Å². The van der Waals surface area contributed by atoms with E-state index in [2.05, 4.69) is 30.0 Å². The number of unbranched alkanes of at least 4 members (excludes halogenated alkanes) is 1. The second-order valence-electron chi connectivity index (χ2n) is 3.85. The van der Waals surface area contributed by atoms with Gasteiger partial charge in [0, 0.05) is 23.9 Å². The van der Waals surface area contributed by atoms with Gasteiger partial charge in [-0.05, 0) is 33.6 Å². The van der Waals surface area contributed by atoms with Crippen molar-refractivity contribution in [3.8, 4) is 11.8 Å². The maximum atomic E-state index is 4.12. The summed E-state index contributed by atoms with van der Waals surface area (Å²) in [5.41, 5.74) is 2.96. The molecule has 16 heavy (non-hydrogen) atoms. The molecule has 0 N–H and O–H groups in total. The lowest BCUT2D eigenvalue weighted by Crippen LogP contribution is -1.81. The maximum absolute atomic E-state index is 4.12. The van der Waals surface area contributed by atoms with Gasteiger partial charge in [-0.15, -0.1) is 6.58 Å². The molecule has 0 amide bonds. The molecule has 0 heterocycles. The third kappa shape index (κ3) is 9.02. The van der Waals surface area contributed by atoms with Gasteiger partial charge in [-0.25, -0.2) is 0 Å². The van der Waals surface area contributed by atoms with Gasteiger partial charge in [0.05, 0.1) is 0 Å². The van der Waals surface area contributed by atoms with E-state index in [1.165, 1.54) is 5.57 Å². The van der Waals surface area contributed by atoms with E-state index in [-0.39, 0.29) is 0 Å². The van der Waals surface area contributed by atoms with Crippen molar-refractivity contribution in [1.29, 1.82) is 0 Å². The first-order valence-electron chi connectivity index (χ1n) is 5.55. The van der Waals surface area contributed by atoms with Crippen molar-refractivity contribution in [3.05, 3.63) is 36.1 Å². The van der Waals surface area contributed by atoms with Gasteiger partial charge >= 0.3 is 0 Å². The fourth-order valence-corrected chi connectivity index (χ4v) is 1.00. The number of hydrogen-bond donors (Lipinski definition) is 0. The Morgan fingerprint density at radius 3 is 2.50 bits per heavy atom. The molecular formula is C15H21N. The summed E-state index contributed by atoms with van der Waals surface area (Å²) < 4.78 is 0. The average Bonchev–Trinajstić information content (AvgIpc) is 2.21. The van der Waals surface area contributed by atoms with E-state index in [0.717, 1.165) is 30.5 Å². The summed E-state index contributed by atoms with van der Waals surface area (Å²) in [4.78, 5) is 4.12. The van der Waals surface area contributed by atoms with E-state index in [1.807, 2.05) is 26.8 Å². The minimum absolute atomic E-state index is 0.795. The van der Waals surface area contributed by atoms with Gasteiger partial charge in [0.2, 0.25) is 0 Å². The smallest absolute Gasteiger partial charge is 0.0424 e. The highest BCUT2D eigenvalue weighted by molar-refractivity contribution is 5.85. The molecule has 0 aliphatic rings. The van der Waals surface area contributed by atoms with E-state index in [4.69, 9.17) is 0 Å². The summed E-state index contributed by atoms with van der Waals surface area (Å²) in [7, 11) is 0. The van der Waals surface area contributed by atoms with E-state index >= 15 is 0 Å². The molecule has 0 radical (unpaired) electrons. The minimum Gasteiger partial charge on any atom is -0.261 e. The third-order valence-electron chi connectivity index (χ3n) is 1.87. The van der Waals surface area contributed by atoms with Crippen molar-refractivity contribution >= 4 is 6.21 Å². The molecule has 1 heteroatoms. The van der Waals surface area contributed by atoms with Crippen LogP contribution in [0.5, 0.6) is 0 Å². The topological polar surface area (TPSA) is 12.4 Å². The lowest BCUT2D eigenvalue weighted by atomic mass is 10.1. The van der Waals surface area contributed by atoms with Crippen molar-refractivity contribution < 1.29 is 0 Å². The van der Waals surface area contributed by atoms with Gasteiger partial charge in [-0.3, -0.25) is 4.99 Å². The van der Waals surface area contributed by atoms with Gasteiger partial charge in [0.15, 0.2) is 0 Å². The van der Waals surface area contributed by atoms with Crippen LogP contribution in [0.2, 0.25) is 0 Å². The fourth-order valence-electron chi connectivity index (χ4n) is 1.00. The van der Waals surface area contributed by atoms with E-state index < -0.39 is 0 Å². The number of rotatable bonds is 5. The molecule has 0 saturated carbocycles. The maximum Gasteiger partial charge on any atom is 0.0424 e. The molecule has 0 aliphatic heterocycles. The molecule has 0 fully saturated rings. The highest BCUT2D eigenvalue weighted by Gasteiger charge is 1.86. The number of nitrogens with zero attached hydrogens (tertiary/aromatic N) is 1. The number of aliphatic imine (C=N–C) groups is 1. The minimum atomic E-state index is 0.795. The molecule has 0 aliphatic carbocycles. The standard InChI is InChI=1S/C15H21N/c1-6-15(12-16-14(4)5)11-9-7-8-10-13(2)3/h6,12H,2,4,7-8,10H2,1,3,5H3/b15-6-,16-12-. The van der Waals surface area contributed by atoms with Gasteiger partial charge in [0.25, 0.3) is 0 Å². The third-order valence-corrected chi connectivity index (χ3v) is 1.87. The monoisotopic (exact) mass is 215 g/mol. The summed E-state index contributed by atoms with van der Waals surface area (Å²) in [5.74, 6) is 6.22. The zero-order chi connectivity index (χ0) is 12.4. The van der Waals surface area contributed by atoms with Crippen LogP contribution in [-0.2, 0) is 0 Å². The van der Waals surface area contributed by atoms with Crippen molar-refractivity contribution in [2.24, 2.45) is 4.99 Å². The lowest BCUT2D eigenvalue weighted by Gasteiger charge is -1.93. The summed E-state index contributed by atoms with van der Waals surface area (Å²) in [5, 5.41) is 0. The Morgan fingerprint density at radius 2 is 2.00 bits per heavy atom. The molecule has 0 rings (SSSR count). The molecular weight excluding hydrogens is 194 g/mol. The summed E-state index contributed by atoms with van der Waals surface area (Å²) >= 11 is 0. The summed E-state index contributed by atoms with van der Waals surface area (Å²) in [6.45, 7) is 13.4. The van der Waals surface area contributed by atoms with Crippen molar-refractivity contribution in [3.63, 3.8) is 0 Å². The molecule has 86 valence electrons. The first-order chi connectivity index (χ1) is 7.56. The molecule has 0 aromatic carbocycles. The Bertz CT molecular complexity index is 359. The van der Waals surface area contributed by atoms with Crippen LogP contribution in [0.4, 0.5) is 0 Å². The normalized spacial score (nSPS) is 11.1. The van der Waals surface area contributed by atoms with Crippen LogP contribution in [0.1, 0.15) is 40.0 Å². The largest absolute Gasteiger partial charge is 0.261 e. The highest BCUT2D eigenvalue weighted by atomic mass is 14.7. The van der Waals surface area contributed by atoms with Crippen LogP contribution >= 0.6 is 0 Å². The van der Waals surface area contributed by atoms with Crippen LogP contribution in [0, 0.1) is 11.8 Å². The number of allylic oxidation sites excluding steroid dienone is 4. The van der Waals surface area contributed by atoms with Crippen LogP contribution in [0.15, 0.2) is 41.1 Å².